The van der Waals surface area contributed by atoms with Gasteiger partial charge >= 0.3 is 5.97 Å². The van der Waals surface area contributed by atoms with Gasteiger partial charge in [0.15, 0.2) is 18.5 Å². The van der Waals surface area contributed by atoms with E-state index < -0.39 is 5.92 Å². The van der Waals surface area contributed by atoms with E-state index in [4.69, 9.17) is 14.0 Å². The zero-order valence-corrected chi connectivity index (χ0v) is 20.3. The number of nitrogens with zero attached hydrogens (tertiary/aromatic N) is 2. The average molecular weight is 489 g/mol. The number of carbonyl (C=O) groups excluding carboxylic acids is 2. The van der Waals surface area contributed by atoms with Crippen molar-refractivity contribution < 1.29 is 28.1 Å². The summed E-state index contributed by atoms with van der Waals surface area (Å²) in [5.74, 6) is 2.00. The molecule has 0 aliphatic carbocycles. The van der Waals surface area contributed by atoms with E-state index in [1.807, 2.05) is 55.5 Å². The number of ether oxygens (including phenoxy) is 2. The first kappa shape index (κ1) is 22.8. The van der Waals surface area contributed by atoms with Crippen LogP contribution in [0.4, 0.5) is 5.82 Å². The molecule has 5 heterocycles. The molecule has 1 aromatic heterocycles. The Morgan fingerprint density at radius 1 is 1.06 bits per heavy atom. The summed E-state index contributed by atoms with van der Waals surface area (Å²) in [6.07, 6.45) is 2.39. The number of hydrogen-bond acceptors (Lipinski definition) is 6. The van der Waals surface area contributed by atoms with Crippen LogP contribution >= 0.6 is 0 Å². The number of amides is 1. The van der Waals surface area contributed by atoms with Crippen LogP contribution in [0.3, 0.4) is 0 Å². The van der Waals surface area contributed by atoms with Crippen molar-refractivity contribution in [3.05, 3.63) is 71.5 Å². The van der Waals surface area contributed by atoms with E-state index in [0.29, 0.717) is 40.8 Å². The Balaban J connectivity index is 1.18. The number of nitrogens with one attached hydrogen (secondary N) is 1. The highest BCUT2D eigenvalue weighted by molar-refractivity contribution is 5.90. The summed E-state index contributed by atoms with van der Waals surface area (Å²) in [4.78, 5) is 26.6. The number of anilines is 1. The van der Waals surface area contributed by atoms with Crippen LogP contribution in [0.15, 0.2) is 59.1 Å². The first-order valence-electron chi connectivity index (χ1n) is 12.7. The van der Waals surface area contributed by atoms with Gasteiger partial charge in [0.2, 0.25) is 0 Å². The van der Waals surface area contributed by atoms with Gasteiger partial charge in [-0.3, -0.25) is 9.59 Å². The van der Waals surface area contributed by atoms with E-state index >= 15 is 0 Å². The van der Waals surface area contributed by atoms with Crippen LogP contribution in [0.25, 0.3) is 0 Å². The number of para-hydroxylation sites is 2. The minimum absolute atomic E-state index is 0.0938. The highest BCUT2D eigenvalue weighted by atomic mass is 16.5. The number of esters is 1. The molecule has 3 saturated heterocycles. The van der Waals surface area contributed by atoms with Crippen molar-refractivity contribution in [1.82, 2.24) is 5.16 Å². The normalized spacial score (nSPS) is 24.4. The maximum atomic E-state index is 13.7. The van der Waals surface area contributed by atoms with Gasteiger partial charge in [0.25, 0.3) is 5.91 Å². The van der Waals surface area contributed by atoms with Crippen molar-refractivity contribution in [3.8, 4) is 11.5 Å². The number of hydrogen-bond donors (Lipinski definition) is 1. The first-order chi connectivity index (χ1) is 17.5. The predicted molar refractivity (Wildman–Crippen MR) is 132 cm³/mol. The number of benzene rings is 2. The third-order valence-electron chi connectivity index (χ3n) is 7.88. The molecule has 1 amide bonds. The molecule has 186 valence electrons. The fourth-order valence-corrected chi connectivity index (χ4v) is 5.98. The van der Waals surface area contributed by atoms with Crippen molar-refractivity contribution in [3.63, 3.8) is 0 Å². The largest absolute Gasteiger partial charge is 0.457 e. The molecule has 7 rings (SSSR count). The lowest BCUT2D eigenvalue weighted by Gasteiger charge is -2.51. The van der Waals surface area contributed by atoms with Crippen LogP contribution < -0.4 is 10.1 Å². The fraction of sp³-hybridized carbons (Fsp3) is 0.393. The molecule has 0 unspecified atom stereocenters. The molecule has 2 bridgehead atoms. The summed E-state index contributed by atoms with van der Waals surface area (Å²) in [6, 6.07) is 17.0. The Labute approximate surface area is 209 Å². The van der Waals surface area contributed by atoms with Crippen molar-refractivity contribution in [2.75, 3.05) is 31.5 Å². The molecule has 0 saturated carbocycles. The number of fused-ring (bicyclic) bond motifs is 5. The van der Waals surface area contributed by atoms with E-state index in [1.54, 1.807) is 6.07 Å². The Morgan fingerprint density at radius 3 is 2.36 bits per heavy atom. The third-order valence-corrected chi connectivity index (χ3v) is 7.88. The molecule has 3 fully saturated rings. The van der Waals surface area contributed by atoms with Crippen LogP contribution in [0.5, 0.6) is 11.5 Å². The highest BCUT2D eigenvalue weighted by Crippen LogP contribution is 2.45. The molecular formula is C28H30N3O5+. The molecule has 0 spiro atoms. The molecule has 4 aliphatic rings. The van der Waals surface area contributed by atoms with Crippen molar-refractivity contribution in [2.45, 2.75) is 38.2 Å². The van der Waals surface area contributed by atoms with Gasteiger partial charge in [-0.25, -0.2) is 0 Å². The Bertz CT molecular complexity index is 1250. The van der Waals surface area contributed by atoms with Crippen LogP contribution in [0, 0.1) is 5.92 Å². The van der Waals surface area contributed by atoms with Gasteiger partial charge in [-0.1, -0.05) is 48.5 Å². The monoisotopic (exact) mass is 488 g/mol. The summed E-state index contributed by atoms with van der Waals surface area (Å²) in [5, 5.41) is 6.80. The number of carbonyl (C=O) groups is 2. The lowest BCUT2D eigenvalue weighted by Crippen LogP contribution is -2.66. The Kier molecular flexibility index (Phi) is 5.76. The van der Waals surface area contributed by atoms with Crippen molar-refractivity contribution in [1.29, 1.82) is 0 Å². The molecule has 8 heteroatoms. The van der Waals surface area contributed by atoms with E-state index in [1.165, 1.54) is 0 Å². The summed E-state index contributed by atoms with van der Waals surface area (Å²) < 4.78 is 18.1. The summed E-state index contributed by atoms with van der Waals surface area (Å²) in [7, 11) is 0. The van der Waals surface area contributed by atoms with Crippen LogP contribution in [0.2, 0.25) is 0 Å². The van der Waals surface area contributed by atoms with Crippen molar-refractivity contribution in [2.24, 2.45) is 5.92 Å². The molecule has 1 N–H and O–H groups in total. The van der Waals surface area contributed by atoms with E-state index in [2.05, 4.69) is 10.5 Å². The van der Waals surface area contributed by atoms with E-state index in [0.717, 1.165) is 49.2 Å². The number of aromatic nitrogens is 1. The minimum atomic E-state index is -0.529. The highest BCUT2D eigenvalue weighted by Gasteiger charge is 2.49. The SMILES string of the molecule is CCc1cc(NC(=O)C[N+]23CCC(CC2)[C@@H](OC(=O)C2c4ccccc4Oc4ccccc42)C3)no1. The third kappa shape index (κ3) is 4.15. The van der Waals surface area contributed by atoms with Crippen LogP contribution in [-0.2, 0) is 20.7 Å². The molecule has 2 aromatic carbocycles. The maximum Gasteiger partial charge on any atom is 0.318 e. The summed E-state index contributed by atoms with van der Waals surface area (Å²) in [5.41, 5.74) is 1.65. The van der Waals surface area contributed by atoms with Gasteiger partial charge in [0.05, 0.1) is 13.1 Å². The Hall–Kier alpha value is -3.65. The lowest BCUT2D eigenvalue weighted by molar-refractivity contribution is -0.938. The number of rotatable bonds is 6. The van der Waals surface area contributed by atoms with Gasteiger partial charge in [0.1, 0.15) is 29.7 Å². The smallest absolute Gasteiger partial charge is 0.318 e. The number of quaternary nitrogens is 1. The molecule has 4 aliphatic heterocycles. The second-order valence-corrected chi connectivity index (χ2v) is 10.1. The maximum absolute atomic E-state index is 13.7. The molecule has 3 aromatic rings. The molecular weight excluding hydrogens is 458 g/mol. The summed E-state index contributed by atoms with van der Waals surface area (Å²) in [6.45, 7) is 4.77. The molecule has 0 radical (unpaired) electrons. The van der Waals surface area contributed by atoms with Gasteiger partial charge in [-0.2, -0.15) is 0 Å². The minimum Gasteiger partial charge on any atom is -0.457 e. The average Bonchev–Trinajstić information content (AvgIpc) is 3.34. The lowest BCUT2D eigenvalue weighted by atomic mass is 9.82. The van der Waals surface area contributed by atoms with Crippen molar-refractivity contribution >= 4 is 17.7 Å². The van der Waals surface area contributed by atoms with Gasteiger partial charge < -0.3 is 23.8 Å². The quantitative estimate of drug-likeness (QED) is 0.412. The van der Waals surface area contributed by atoms with Crippen LogP contribution in [0.1, 0.15) is 42.6 Å². The predicted octanol–water partition coefficient (Wildman–Crippen LogP) is 4.27. The number of aryl methyl sites for hydroxylation is 1. The van der Waals surface area contributed by atoms with E-state index in [9.17, 15) is 9.59 Å². The zero-order valence-electron chi connectivity index (χ0n) is 20.3. The summed E-state index contributed by atoms with van der Waals surface area (Å²) >= 11 is 0. The molecule has 8 nitrogen and oxygen atoms in total. The fourth-order valence-electron chi connectivity index (χ4n) is 5.98. The second kappa shape index (κ2) is 9.09. The first-order valence-corrected chi connectivity index (χ1v) is 12.7. The molecule has 1 atom stereocenters. The molecule has 36 heavy (non-hydrogen) atoms. The zero-order chi connectivity index (χ0) is 24.7. The topological polar surface area (TPSA) is 90.7 Å². The van der Waals surface area contributed by atoms with Gasteiger partial charge in [-0.05, 0) is 12.1 Å². The van der Waals surface area contributed by atoms with Gasteiger partial charge in [0, 0.05) is 42.4 Å². The Morgan fingerprint density at radius 2 is 1.72 bits per heavy atom. The van der Waals surface area contributed by atoms with Gasteiger partial charge in [-0.15, -0.1) is 0 Å². The number of piperidine rings is 3. The standard InChI is InChI=1S/C28H29N3O5/c1-2-19-15-25(30-36-19)29-26(32)17-31-13-11-18(12-14-31)24(16-31)35-28(33)27-20-7-3-5-9-22(20)34-23-10-6-4-8-21(23)27/h3-10,15,18,24,27H,2,11-14,16-17H2,1H3/p+1/t18?,24-,31?/m0/s1. The van der Waals surface area contributed by atoms with E-state index in [-0.39, 0.29) is 18.0 Å². The second-order valence-electron chi connectivity index (χ2n) is 10.1. The van der Waals surface area contributed by atoms with Crippen LogP contribution in [-0.4, -0.2) is 53.8 Å².